The van der Waals surface area contributed by atoms with E-state index in [1.54, 1.807) is 0 Å². The molecule has 4 aliphatic rings. The van der Waals surface area contributed by atoms with Crippen molar-refractivity contribution in [1.29, 1.82) is 0 Å². The van der Waals surface area contributed by atoms with Crippen LogP contribution in [0.25, 0.3) is 0 Å². The molecule has 4 saturated carbocycles. The van der Waals surface area contributed by atoms with Crippen molar-refractivity contribution in [3.63, 3.8) is 0 Å². The van der Waals surface area contributed by atoms with Gasteiger partial charge in [0.25, 0.3) is 0 Å². The quantitative estimate of drug-likeness (QED) is 0.167. The number of carbonyl (C=O) groups is 3. The fourth-order valence-corrected chi connectivity index (χ4v) is 9.78. The van der Waals surface area contributed by atoms with Gasteiger partial charge in [-0.25, -0.2) is 4.79 Å². The summed E-state index contributed by atoms with van der Waals surface area (Å²) in [6.07, 6.45) is 12.5. The minimum atomic E-state index is -0.505. The van der Waals surface area contributed by atoms with E-state index in [-0.39, 0.29) is 31.2 Å². The molecule has 4 aliphatic carbocycles. The largest absolute Gasteiger partial charge is 0.469 e. The molecule has 0 aliphatic heterocycles. The SMILES string of the molecule is CCC(C)(C)C(=O)OCCNC(=O)O[C@@H]1CCC2(C)C(CCC3C2CCC2(C)C(C(C)CCC(=O)OC)CCC32)C1. The Bertz CT molecular complexity index is 949. The summed E-state index contributed by atoms with van der Waals surface area (Å²) in [6, 6.07) is 0. The van der Waals surface area contributed by atoms with E-state index in [0.29, 0.717) is 41.4 Å². The molecule has 8 unspecified atom stereocenters. The number of fused-ring (bicyclic) bond motifs is 5. The Balaban J connectivity index is 1.27. The molecule has 234 valence electrons. The van der Waals surface area contributed by atoms with E-state index in [1.165, 1.54) is 45.6 Å². The first-order chi connectivity index (χ1) is 19.4. The molecule has 0 aromatic heterocycles. The van der Waals surface area contributed by atoms with Crippen molar-refractivity contribution in [3.05, 3.63) is 0 Å². The highest BCUT2D eigenvalue weighted by atomic mass is 16.6. The zero-order chi connectivity index (χ0) is 30.0. The van der Waals surface area contributed by atoms with Crippen LogP contribution in [0.15, 0.2) is 0 Å². The second kappa shape index (κ2) is 12.8. The lowest BCUT2D eigenvalue weighted by Gasteiger charge is -2.61. The van der Waals surface area contributed by atoms with Gasteiger partial charge in [0.1, 0.15) is 12.7 Å². The fourth-order valence-electron chi connectivity index (χ4n) is 9.78. The monoisotopic (exact) mass is 575 g/mol. The number of rotatable bonds is 10. The van der Waals surface area contributed by atoms with Crippen LogP contribution in [-0.4, -0.2) is 44.4 Å². The second-order valence-electron chi connectivity index (χ2n) is 15.1. The van der Waals surface area contributed by atoms with Crippen LogP contribution in [0.3, 0.4) is 0 Å². The number of ether oxygens (including phenoxy) is 3. The van der Waals surface area contributed by atoms with Gasteiger partial charge in [-0.15, -0.1) is 0 Å². The molecule has 0 heterocycles. The van der Waals surface area contributed by atoms with E-state index < -0.39 is 11.5 Å². The summed E-state index contributed by atoms with van der Waals surface area (Å²) < 4.78 is 16.1. The van der Waals surface area contributed by atoms with Gasteiger partial charge in [-0.3, -0.25) is 9.59 Å². The first kappa shape index (κ1) is 32.1. The Hall–Kier alpha value is -1.79. The summed E-state index contributed by atoms with van der Waals surface area (Å²) in [5, 5.41) is 2.78. The van der Waals surface area contributed by atoms with Crippen LogP contribution in [0.1, 0.15) is 119 Å². The molecule has 0 aromatic rings. The van der Waals surface area contributed by atoms with Crippen LogP contribution < -0.4 is 5.32 Å². The Kier molecular flexibility index (Phi) is 10.1. The molecule has 1 amide bonds. The molecule has 9 atom stereocenters. The van der Waals surface area contributed by atoms with E-state index in [9.17, 15) is 14.4 Å². The Morgan fingerprint density at radius 3 is 2.39 bits per heavy atom. The standard InChI is InChI=1S/C34H57NO6/c1-8-32(3,4)30(37)40-20-19-35-31(38)41-24-15-17-33(5)23(21-24)10-11-25-27-13-12-26(22(2)9-14-29(36)39-7)34(27,6)18-16-28(25)33/h22-28H,8-21H2,1-7H3,(H,35,38)/t22?,23?,24-,25?,26?,27?,28?,33?,34?/m1/s1. The van der Waals surface area contributed by atoms with Gasteiger partial charge in [0.2, 0.25) is 0 Å². The summed E-state index contributed by atoms with van der Waals surface area (Å²) in [5.41, 5.74) is 0.212. The average Bonchev–Trinajstić information content (AvgIpc) is 3.31. The van der Waals surface area contributed by atoms with Crippen molar-refractivity contribution in [2.75, 3.05) is 20.3 Å². The molecule has 7 heteroatoms. The molecule has 4 fully saturated rings. The van der Waals surface area contributed by atoms with Crippen molar-refractivity contribution in [2.45, 2.75) is 125 Å². The molecular formula is C34H57NO6. The molecular weight excluding hydrogens is 518 g/mol. The number of hydrogen-bond acceptors (Lipinski definition) is 6. The van der Waals surface area contributed by atoms with Gasteiger partial charge < -0.3 is 19.5 Å². The van der Waals surface area contributed by atoms with Crippen LogP contribution in [0, 0.1) is 51.8 Å². The number of esters is 2. The normalized spacial score (nSPS) is 37.1. The van der Waals surface area contributed by atoms with Crippen LogP contribution in [0.4, 0.5) is 4.79 Å². The molecule has 0 spiro atoms. The first-order valence-electron chi connectivity index (χ1n) is 16.5. The third kappa shape index (κ3) is 6.59. The van der Waals surface area contributed by atoms with Crippen molar-refractivity contribution < 1.29 is 28.6 Å². The predicted molar refractivity (Wildman–Crippen MR) is 159 cm³/mol. The Labute approximate surface area is 248 Å². The molecule has 0 bridgehead atoms. The van der Waals surface area contributed by atoms with E-state index in [2.05, 4.69) is 26.1 Å². The molecule has 0 saturated heterocycles. The molecule has 41 heavy (non-hydrogen) atoms. The van der Waals surface area contributed by atoms with Gasteiger partial charge in [0, 0.05) is 6.42 Å². The van der Waals surface area contributed by atoms with Crippen LogP contribution in [0.2, 0.25) is 0 Å². The minimum Gasteiger partial charge on any atom is -0.469 e. The van der Waals surface area contributed by atoms with E-state index in [0.717, 1.165) is 43.4 Å². The highest BCUT2D eigenvalue weighted by Crippen LogP contribution is 2.68. The molecule has 0 aromatic carbocycles. The number of nitrogens with one attached hydrogen (secondary N) is 1. The number of hydrogen-bond donors (Lipinski definition) is 1. The third-order valence-corrected chi connectivity index (χ3v) is 12.7. The fraction of sp³-hybridized carbons (Fsp3) is 0.912. The number of carbonyl (C=O) groups excluding carboxylic acids is 3. The lowest BCUT2D eigenvalue weighted by Crippen LogP contribution is -2.54. The summed E-state index contributed by atoms with van der Waals surface area (Å²) >= 11 is 0. The second-order valence-corrected chi connectivity index (χ2v) is 15.1. The lowest BCUT2D eigenvalue weighted by atomic mass is 9.44. The van der Waals surface area contributed by atoms with Gasteiger partial charge in [0.05, 0.1) is 19.1 Å². The van der Waals surface area contributed by atoms with Gasteiger partial charge in [-0.2, -0.15) is 0 Å². The van der Waals surface area contributed by atoms with Crippen molar-refractivity contribution in [2.24, 2.45) is 51.8 Å². The van der Waals surface area contributed by atoms with Crippen molar-refractivity contribution in [1.82, 2.24) is 5.32 Å². The zero-order valence-electron chi connectivity index (χ0n) is 26.9. The molecule has 7 nitrogen and oxygen atoms in total. The van der Waals surface area contributed by atoms with E-state index in [1.807, 2.05) is 20.8 Å². The number of alkyl carbamates (subject to hydrolysis) is 1. The maximum absolute atomic E-state index is 12.5. The van der Waals surface area contributed by atoms with Crippen LogP contribution in [-0.2, 0) is 23.8 Å². The van der Waals surface area contributed by atoms with Crippen molar-refractivity contribution >= 4 is 18.0 Å². The molecule has 1 N–H and O–H groups in total. The Morgan fingerprint density at radius 2 is 1.68 bits per heavy atom. The van der Waals surface area contributed by atoms with Gasteiger partial charge in [-0.1, -0.05) is 27.7 Å². The van der Waals surface area contributed by atoms with Crippen LogP contribution >= 0.6 is 0 Å². The summed E-state index contributed by atoms with van der Waals surface area (Å²) in [7, 11) is 1.49. The smallest absolute Gasteiger partial charge is 0.407 e. The van der Waals surface area contributed by atoms with Gasteiger partial charge in [0.15, 0.2) is 0 Å². The van der Waals surface area contributed by atoms with E-state index in [4.69, 9.17) is 14.2 Å². The zero-order valence-corrected chi connectivity index (χ0v) is 26.9. The summed E-state index contributed by atoms with van der Waals surface area (Å²) in [6.45, 7) is 13.6. The average molecular weight is 576 g/mol. The predicted octanol–water partition coefficient (Wildman–Crippen LogP) is 7.31. The van der Waals surface area contributed by atoms with E-state index >= 15 is 0 Å². The minimum absolute atomic E-state index is 0.0356. The molecule has 4 rings (SSSR count). The topological polar surface area (TPSA) is 90.9 Å². The number of methoxy groups -OCH3 is 1. The maximum atomic E-state index is 12.5. The number of amides is 1. The first-order valence-corrected chi connectivity index (χ1v) is 16.5. The van der Waals surface area contributed by atoms with Crippen molar-refractivity contribution in [3.8, 4) is 0 Å². The highest BCUT2D eigenvalue weighted by Gasteiger charge is 2.60. The molecule has 0 radical (unpaired) electrons. The lowest BCUT2D eigenvalue weighted by molar-refractivity contribution is -0.154. The summed E-state index contributed by atoms with van der Waals surface area (Å²) in [5.74, 6) is 3.90. The van der Waals surface area contributed by atoms with Crippen LogP contribution in [0.5, 0.6) is 0 Å². The maximum Gasteiger partial charge on any atom is 0.407 e. The highest BCUT2D eigenvalue weighted by molar-refractivity contribution is 5.75. The van der Waals surface area contributed by atoms with Gasteiger partial charge >= 0.3 is 18.0 Å². The summed E-state index contributed by atoms with van der Waals surface area (Å²) in [4.78, 5) is 36.4. The Morgan fingerprint density at radius 1 is 0.976 bits per heavy atom. The third-order valence-electron chi connectivity index (χ3n) is 12.7. The van der Waals surface area contributed by atoms with Gasteiger partial charge in [-0.05, 0) is 131 Å².